The van der Waals surface area contributed by atoms with Crippen molar-refractivity contribution < 1.29 is 12.8 Å². The molecule has 0 N–H and O–H groups in total. The summed E-state index contributed by atoms with van der Waals surface area (Å²) in [6.07, 6.45) is 3.25. The van der Waals surface area contributed by atoms with Crippen LogP contribution in [0.2, 0.25) is 0 Å². The fourth-order valence-electron chi connectivity index (χ4n) is 3.89. The van der Waals surface area contributed by atoms with E-state index < -0.39 is 10.0 Å². The molecule has 0 amide bonds. The second-order valence-corrected chi connectivity index (χ2v) is 9.28. The van der Waals surface area contributed by atoms with E-state index in [2.05, 4.69) is 15.2 Å². The van der Waals surface area contributed by atoms with E-state index in [1.54, 1.807) is 36.5 Å². The lowest BCUT2D eigenvalue weighted by atomic mass is 10.00. The first kappa shape index (κ1) is 18.9. The van der Waals surface area contributed by atoms with Crippen molar-refractivity contribution in [1.82, 2.24) is 19.5 Å². The second-order valence-electron chi connectivity index (χ2n) is 7.34. The van der Waals surface area contributed by atoms with Crippen molar-refractivity contribution in [3.8, 4) is 11.6 Å². The van der Waals surface area contributed by atoms with Crippen molar-refractivity contribution in [2.45, 2.75) is 23.7 Å². The van der Waals surface area contributed by atoms with Gasteiger partial charge in [0, 0.05) is 24.7 Å². The standard InChI is InChI=1S/C22H20N4O3S/c27-30(28,18-9-2-1-3-10-18)26-14-6-8-17(15-26)21-24-25-22(29-21)20-19-11-5-4-7-16(19)12-13-23-20/h1-5,7,9-13,17H,6,8,14-15H2. The molecule has 1 aliphatic heterocycles. The molecule has 1 fully saturated rings. The number of sulfonamides is 1. The lowest BCUT2D eigenvalue weighted by molar-refractivity contribution is 0.286. The maximum atomic E-state index is 13.0. The van der Waals surface area contributed by atoms with Crippen molar-refractivity contribution in [1.29, 1.82) is 0 Å². The topological polar surface area (TPSA) is 89.2 Å². The highest BCUT2D eigenvalue weighted by molar-refractivity contribution is 7.89. The normalized spacial score (nSPS) is 17.9. The Morgan fingerprint density at radius 1 is 0.967 bits per heavy atom. The molecule has 8 heteroatoms. The number of rotatable bonds is 4. The van der Waals surface area contributed by atoms with Crippen LogP contribution in [0, 0.1) is 0 Å². The number of pyridine rings is 1. The van der Waals surface area contributed by atoms with Gasteiger partial charge in [-0.05, 0) is 36.4 Å². The van der Waals surface area contributed by atoms with Crippen LogP contribution in [0.1, 0.15) is 24.7 Å². The van der Waals surface area contributed by atoms with Crippen LogP contribution >= 0.6 is 0 Å². The van der Waals surface area contributed by atoms with E-state index >= 15 is 0 Å². The Morgan fingerprint density at radius 3 is 2.63 bits per heavy atom. The summed E-state index contributed by atoms with van der Waals surface area (Å²) in [5, 5.41) is 10.4. The summed E-state index contributed by atoms with van der Waals surface area (Å²) in [4.78, 5) is 4.73. The zero-order valence-electron chi connectivity index (χ0n) is 16.2. The van der Waals surface area contributed by atoms with E-state index in [9.17, 15) is 8.42 Å². The average molecular weight is 420 g/mol. The number of nitrogens with zero attached hydrogens (tertiary/aromatic N) is 4. The molecule has 2 aromatic heterocycles. The highest BCUT2D eigenvalue weighted by atomic mass is 32.2. The van der Waals surface area contributed by atoms with Crippen molar-refractivity contribution in [3.63, 3.8) is 0 Å². The van der Waals surface area contributed by atoms with Gasteiger partial charge in [0.15, 0.2) is 0 Å². The van der Waals surface area contributed by atoms with E-state index in [1.165, 1.54) is 4.31 Å². The second kappa shape index (κ2) is 7.62. The monoisotopic (exact) mass is 420 g/mol. The smallest absolute Gasteiger partial charge is 0.266 e. The fourth-order valence-corrected chi connectivity index (χ4v) is 5.43. The van der Waals surface area contributed by atoms with Gasteiger partial charge in [-0.25, -0.2) is 8.42 Å². The fraction of sp³-hybridized carbons (Fsp3) is 0.227. The van der Waals surface area contributed by atoms with Gasteiger partial charge in [-0.15, -0.1) is 10.2 Å². The molecule has 152 valence electrons. The maximum absolute atomic E-state index is 13.0. The molecule has 0 spiro atoms. The zero-order valence-corrected chi connectivity index (χ0v) is 17.0. The van der Waals surface area contributed by atoms with Gasteiger partial charge in [0.2, 0.25) is 15.9 Å². The van der Waals surface area contributed by atoms with Gasteiger partial charge in [-0.1, -0.05) is 42.5 Å². The SMILES string of the molecule is O=S(=O)(c1ccccc1)N1CCCC(c2nnc(-c3nccc4ccccc34)o2)C1. The lowest BCUT2D eigenvalue weighted by Gasteiger charge is -2.30. The Labute approximate surface area is 174 Å². The summed E-state index contributed by atoms with van der Waals surface area (Å²) < 4.78 is 33.5. The van der Waals surface area contributed by atoms with E-state index in [0.717, 1.165) is 23.6 Å². The maximum Gasteiger partial charge on any atom is 0.266 e. The number of hydrogen-bond acceptors (Lipinski definition) is 6. The van der Waals surface area contributed by atoms with E-state index in [4.69, 9.17) is 4.42 Å². The molecular formula is C22H20N4O3S. The third-order valence-electron chi connectivity index (χ3n) is 5.43. The number of hydrogen-bond donors (Lipinski definition) is 0. The summed E-state index contributed by atoms with van der Waals surface area (Å²) in [7, 11) is -3.55. The Balaban J connectivity index is 1.43. The lowest BCUT2D eigenvalue weighted by Crippen LogP contribution is -2.39. The molecule has 1 saturated heterocycles. The molecule has 1 unspecified atom stereocenters. The van der Waals surface area contributed by atoms with Gasteiger partial charge in [0.25, 0.3) is 5.89 Å². The van der Waals surface area contributed by atoms with Gasteiger partial charge in [-0.3, -0.25) is 4.98 Å². The van der Waals surface area contributed by atoms with Gasteiger partial charge in [0.05, 0.1) is 10.8 Å². The zero-order chi connectivity index (χ0) is 20.6. The largest absolute Gasteiger partial charge is 0.419 e. The molecule has 3 heterocycles. The average Bonchev–Trinajstić information content (AvgIpc) is 3.29. The van der Waals surface area contributed by atoms with Crippen molar-refractivity contribution in [2.75, 3.05) is 13.1 Å². The first-order valence-electron chi connectivity index (χ1n) is 9.85. The molecule has 0 radical (unpaired) electrons. The van der Waals surface area contributed by atoms with Crippen LogP contribution in [0.15, 0.2) is 76.2 Å². The van der Waals surface area contributed by atoms with Crippen molar-refractivity contribution >= 4 is 20.8 Å². The third kappa shape index (κ3) is 3.38. The van der Waals surface area contributed by atoms with Crippen LogP contribution in [0.3, 0.4) is 0 Å². The summed E-state index contributed by atoms with van der Waals surface area (Å²) in [6, 6.07) is 18.3. The molecular weight excluding hydrogens is 400 g/mol. The summed E-state index contributed by atoms with van der Waals surface area (Å²) in [5.74, 6) is 0.658. The molecule has 0 aliphatic carbocycles. The predicted octanol–water partition coefficient (Wildman–Crippen LogP) is 3.85. The minimum atomic E-state index is -3.55. The van der Waals surface area contributed by atoms with Crippen LogP contribution in [0.25, 0.3) is 22.4 Å². The molecule has 2 aromatic carbocycles. The van der Waals surface area contributed by atoms with Gasteiger partial charge in [-0.2, -0.15) is 4.31 Å². The van der Waals surface area contributed by atoms with Crippen LogP contribution in [-0.4, -0.2) is 41.0 Å². The van der Waals surface area contributed by atoms with Crippen molar-refractivity contribution in [2.24, 2.45) is 0 Å². The molecule has 30 heavy (non-hydrogen) atoms. The molecule has 5 rings (SSSR count). The number of fused-ring (bicyclic) bond motifs is 1. The van der Waals surface area contributed by atoms with E-state index in [1.807, 2.05) is 30.3 Å². The molecule has 7 nitrogen and oxygen atoms in total. The van der Waals surface area contributed by atoms with Gasteiger partial charge >= 0.3 is 0 Å². The number of piperidine rings is 1. The summed E-state index contributed by atoms with van der Waals surface area (Å²) in [5.41, 5.74) is 0.636. The Morgan fingerprint density at radius 2 is 1.77 bits per heavy atom. The van der Waals surface area contributed by atoms with E-state index in [0.29, 0.717) is 35.5 Å². The highest BCUT2D eigenvalue weighted by Crippen LogP contribution is 2.32. The molecule has 4 aromatic rings. The Bertz CT molecular complexity index is 1280. The first-order valence-corrected chi connectivity index (χ1v) is 11.3. The van der Waals surface area contributed by atoms with Crippen LogP contribution in [-0.2, 0) is 10.0 Å². The number of aromatic nitrogens is 3. The van der Waals surface area contributed by atoms with Gasteiger partial charge in [0.1, 0.15) is 5.69 Å². The minimum absolute atomic E-state index is 0.145. The molecule has 1 aliphatic rings. The number of benzene rings is 2. The summed E-state index contributed by atoms with van der Waals surface area (Å²) in [6.45, 7) is 0.807. The Hall–Kier alpha value is -3.10. The van der Waals surface area contributed by atoms with Crippen LogP contribution < -0.4 is 0 Å². The van der Waals surface area contributed by atoms with Gasteiger partial charge < -0.3 is 4.42 Å². The molecule has 0 saturated carbocycles. The molecule has 1 atom stereocenters. The molecule has 0 bridgehead atoms. The van der Waals surface area contributed by atoms with Crippen molar-refractivity contribution in [3.05, 3.63) is 72.8 Å². The Kier molecular flexibility index (Phi) is 4.80. The summed E-state index contributed by atoms with van der Waals surface area (Å²) >= 11 is 0. The van der Waals surface area contributed by atoms with Crippen LogP contribution in [0.4, 0.5) is 0 Å². The highest BCUT2D eigenvalue weighted by Gasteiger charge is 2.33. The first-order chi connectivity index (χ1) is 14.6. The van der Waals surface area contributed by atoms with E-state index in [-0.39, 0.29) is 5.92 Å². The third-order valence-corrected chi connectivity index (χ3v) is 7.31. The quantitative estimate of drug-likeness (QED) is 0.498. The van der Waals surface area contributed by atoms with Crippen LogP contribution in [0.5, 0.6) is 0 Å². The predicted molar refractivity (Wildman–Crippen MR) is 112 cm³/mol. The minimum Gasteiger partial charge on any atom is -0.419 e.